The lowest BCUT2D eigenvalue weighted by atomic mass is 10.1. The SMILES string of the molecule is CNC(CSC(C)(C)C)c1cc(OC)cc(OC)c1. The number of ether oxygens (including phenoxy) is 2. The van der Waals surface area contributed by atoms with Crippen LogP contribution < -0.4 is 14.8 Å². The molecule has 0 spiro atoms. The fourth-order valence-electron chi connectivity index (χ4n) is 1.71. The molecule has 19 heavy (non-hydrogen) atoms. The van der Waals surface area contributed by atoms with Gasteiger partial charge < -0.3 is 14.8 Å². The largest absolute Gasteiger partial charge is 0.497 e. The Morgan fingerprint density at radius 3 is 2.00 bits per heavy atom. The van der Waals surface area contributed by atoms with E-state index in [1.54, 1.807) is 14.2 Å². The van der Waals surface area contributed by atoms with Crippen molar-refractivity contribution >= 4 is 11.8 Å². The highest BCUT2D eigenvalue weighted by molar-refractivity contribution is 8.00. The van der Waals surface area contributed by atoms with Crippen molar-refractivity contribution in [3.05, 3.63) is 23.8 Å². The van der Waals surface area contributed by atoms with Gasteiger partial charge in [0.05, 0.1) is 14.2 Å². The first-order valence-corrected chi connectivity index (χ1v) is 7.42. The minimum atomic E-state index is 0.262. The summed E-state index contributed by atoms with van der Waals surface area (Å²) in [6.07, 6.45) is 0. The summed E-state index contributed by atoms with van der Waals surface area (Å²) in [7, 11) is 5.34. The molecule has 1 aromatic carbocycles. The van der Waals surface area contributed by atoms with Gasteiger partial charge in [0, 0.05) is 22.6 Å². The summed E-state index contributed by atoms with van der Waals surface area (Å²) in [6, 6.07) is 6.31. The predicted octanol–water partition coefficient (Wildman–Crippen LogP) is 3.50. The van der Waals surface area contributed by atoms with E-state index in [9.17, 15) is 0 Å². The third-order valence-corrected chi connectivity index (χ3v) is 4.17. The monoisotopic (exact) mass is 283 g/mol. The molecule has 1 aromatic rings. The fourth-order valence-corrected chi connectivity index (χ4v) is 2.74. The first-order valence-electron chi connectivity index (χ1n) is 6.44. The van der Waals surface area contributed by atoms with Crippen LogP contribution in [0.2, 0.25) is 0 Å². The van der Waals surface area contributed by atoms with Crippen LogP contribution in [0.1, 0.15) is 32.4 Å². The van der Waals surface area contributed by atoms with Crippen LogP contribution in [0.15, 0.2) is 18.2 Å². The van der Waals surface area contributed by atoms with Crippen LogP contribution in [-0.2, 0) is 0 Å². The van der Waals surface area contributed by atoms with Crippen LogP contribution in [0, 0.1) is 0 Å². The van der Waals surface area contributed by atoms with Gasteiger partial charge in [-0.3, -0.25) is 0 Å². The zero-order valence-electron chi connectivity index (χ0n) is 12.7. The molecule has 108 valence electrons. The Bertz CT molecular complexity index is 379. The molecule has 0 aliphatic heterocycles. The van der Waals surface area contributed by atoms with Crippen molar-refractivity contribution in [3.63, 3.8) is 0 Å². The summed E-state index contributed by atoms with van der Waals surface area (Å²) in [6.45, 7) is 6.70. The summed E-state index contributed by atoms with van der Waals surface area (Å²) < 4.78 is 10.9. The first-order chi connectivity index (χ1) is 8.89. The predicted molar refractivity (Wildman–Crippen MR) is 83.6 cm³/mol. The molecule has 0 saturated carbocycles. The topological polar surface area (TPSA) is 30.5 Å². The molecule has 0 aromatic heterocycles. The highest BCUT2D eigenvalue weighted by Gasteiger charge is 2.17. The molecule has 0 aliphatic rings. The Labute approximate surface area is 121 Å². The molecular formula is C15H25NO2S. The molecule has 0 radical (unpaired) electrons. The van der Waals surface area contributed by atoms with Gasteiger partial charge >= 0.3 is 0 Å². The lowest BCUT2D eigenvalue weighted by Gasteiger charge is -2.23. The van der Waals surface area contributed by atoms with Crippen molar-refractivity contribution in [3.8, 4) is 11.5 Å². The quantitative estimate of drug-likeness (QED) is 0.865. The second-order valence-corrected chi connectivity index (χ2v) is 7.26. The summed E-state index contributed by atoms with van der Waals surface area (Å²) in [5, 5.41) is 3.36. The number of rotatable bonds is 6. The number of nitrogens with one attached hydrogen (secondary N) is 1. The van der Waals surface area contributed by atoms with Crippen molar-refractivity contribution < 1.29 is 9.47 Å². The van der Waals surface area contributed by atoms with Crippen LogP contribution in [-0.4, -0.2) is 31.8 Å². The van der Waals surface area contributed by atoms with E-state index in [4.69, 9.17) is 9.47 Å². The minimum absolute atomic E-state index is 0.262. The van der Waals surface area contributed by atoms with E-state index >= 15 is 0 Å². The zero-order chi connectivity index (χ0) is 14.5. The molecule has 0 amide bonds. The van der Waals surface area contributed by atoms with Crippen molar-refractivity contribution in [1.29, 1.82) is 0 Å². The lowest BCUT2D eigenvalue weighted by Crippen LogP contribution is -2.21. The van der Waals surface area contributed by atoms with Crippen LogP contribution >= 0.6 is 11.8 Å². The Morgan fingerprint density at radius 1 is 1.11 bits per heavy atom. The number of hydrogen-bond donors (Lipinski definition) is 1. The van der Waals surface area contributed by atoms with Crippen molar-refractivity contribution in [2.45, 2.75) is 31.6 Å². The van der Waals surface area contributed by atoms with Gasteiger partial charge in [0.1, 0.15) is 11.5 Å². The molecule has 0 fully saturated rings. The zero-order valence-corrected chi connectivity index (χ0v) is 13.6. The van der Waals surface area contributed by atoms with Crippen molar-refractivity contribution in [1.82, 2.24) is 5.32 Å². The van der Waals surface area contributed by atoms with E-state index in [0.29, 0.717) is 0 Å². The molecule has 1 unspecified atom stereocenters. The van der Waals surface area contributed by atoms with Crippen LogP contribution in [0.3, 0.4) is 0 Å². The third kappa shape index (κ3) is 5.33. The van der Waals surface area contributed by atoms with Gasteiger partial charge in [-0.05, 0) is 24.7 Å². The lowest BCUT2D eigenvalue weighted by molar-refractivity contribution is 0.392. The Morgan fingerprint density at radius 2 is 1.63 bits per heavy atom. The number of methoxy groups -OCH3 is 2. The molecule has 1 atom stereocenters. The van der Waals surface area contributed by atoms with Crippen LogP contribution in [0.4, 0.5) is 0 Å². The van der Waals surface area contributed by atoms with E-state index in [0.717, 1.165) is 17.3 Å². The molecule has 3 nitrogen and oxygen atoms in total. The van der Waals surface area contributed by atoms with E-state index in [1.807, 2.05) is 24.9 Å². The van der Waals surface area contributed by atoms with Crippen LogP contribution in [0.5, 0.6) is 11.5 Å². The Balaban J connectivity index is 2.90. The normalized spacial score (nSPS) is 13.2. The Kier molecular flexibility index (Phi) is 6.01. The summed E-state index contributed by atoms with van der Waals surface area (Å²) in [5.74, 6) is 2.67. The van der Waals surface area contributed by atoms with Gasteiger partial charge in [-0.1, -0.05) is 20.8 Å². The highest BCUT2D eigenvalue weighted by Crippen LogP contribution is 2.31. The van der Waals surface area contributed by atoms with Gasteiger partial charge in [-0.2, -0.15) is 11.8 Å². The highest BCUT2D eigenvalue weighted by atomic mass is 32.2. The molecule has 0 aliphatic carbocycles. The fraction of sp³-hybridized carbons (Fsp3) is 0.600. The Hall–Kier alpha value is -0.870. The maximum absolute atomic E-state index is 5.32. The summed E-state index contributed by atoms with van der Waals surface area (Å²) >= 11 is 1.94. The smallest absolute Gasteiger partial charge is 0.122 e. The second kappa shape index (κ2) is 7.06. The number of hydrogen-bond acceptors (Lipinski definition) is 4. The number of thioether (sulfide) groups is 1. The molecule has 1 N–H and O–H groups in total. The van der Waals surface area contributed by atoms with Crippen LogP contribution in [0.25, 0.3) is 0 Å². The molecular weight excluding hydrogens is 258 g/mol. The molecule has 4 heteroatoms. The van der Waals surface area contributed by atoms with E-state index in [1.165, 1.54) is 5.56 Å². The van der Waals surface area contributed by atoms with E-state index in [-0.39, 0.29) is 10.8 Å². The maximum Gasteiger partial charge on any atom is 0.122 e. The number of benzene rings is 1. The molecule has 0 bridgehead atoms. The summed E-state index contributed by atoms with van der Waals surface area (Å²) in [5.41, 5.74) is 1.19. The van der Waals surface area contributed by atoms with Gasteiger partial charge in [-0.15, -0.1) is 0 Å². The van der Waals surface area contributed by atoms with Gasteiger partial charge in [-0.25, -0.2) is 0 Å². The third-order valence-electron chi connectivity index (χ3n) is 2.81. The molecule has 0 saturated heterocycles. The van der Waals surface area contributed by atoms with Crippen molar-refractivity contribution in [2.75, 3.05) is 27.0 Å². The maximum atomic E-state index is 5.32. The minimum Gasteiger partial charge on any atom is -0.497 e. The average molecular weight is 283 g/mol. The first kappa shape index (κ1) is 16.2. The molecule has 1 rings (SSSR count). The van der Waals surface area contributed by atoms with Gasteiger partial charge in [0.25, 0.3) is 0 Å². The van der Waals surface area contributed by atoms with E-state index < -0.39 is 0 Å². The average Bonchev–Trinajstić information content (AvgIpc) is 2.37. The van der Waals surface area contributed by atoms with E-state index in [2.05, 4.69) is 38.2 Å². The second-order valence-electron chi connectivity index (χ2n) is 5.41. The van der Waals surface area contributed by atoms with Crippen molar-refractivity contribution in [2.24, 2.45) is 0 Å². The standard InChI is InChI=1S/C15H25NO2S/c1-15(2,3)19-10-14(16-4)11-7-12(17-5)9-13(8-11)18-6/h7-9,14,16H,10H2,1-6H3. The van der Waals surface area contributed by atoms with Gasteiger partial charge in [0.2, 0.25) is 0 Å². The van der Waals surface area contributed by atoms with Gasteiger partial charge in [0.15, 0.2) is 0 Å². The summed E-state index contributed by atoms with van der Waals surface area (Å²) in [4.78, 5) is 0. The molecule has 0 heterocycles.